The molecule has 1 N–H and O–H groups in total. The number of amides is 1. The number of piperidine rings is 1. The lowest BCUT2D eigenvalue weighted by atomic mass is 9.88. The summed E-state index contributed by atoms with van der Waals surface area (Å²) < 4.78 is 5.36. The molecule has 1 aromatic heterocycles. The van der Waals surface area contributed by atoms with Crippen LogP contribution in [0.4, 0.5) is 0 Å². The van der Waals surface area contributed by atoms with Crippen LogP contribution in [0.15, 0.2) is 30.5 Å². The fourth-order valence-corrected chi connectivity index (χ4v) is 5.13. The van der Waals surface area contributed by atoms with Gasteiger partial charge in [-0.15, -0.1) is 0 Å². The summed E-state index contributed by atoms with van der Waals surface area (Å²) in [6, 6.07) is 7.70. The molecule has 1 aliphatic heterocycles. The first-order valence-corrected chi connectivity index (χ1v) is 12.1. The molecule has 1 saturated carbocycles. The minimum atomic E-state index is -0.151. The molecule has 6 nitrogen and oxygen atoms in total. The maximum absolute atomic E-state index is 12.7. The van der Waals surface area contributed by atoms with Gasteiger partial charge in [0.2, 0.25) is 0 Å². The van der Waals surface area contributed by atoms with Gasteiger partial charge in [0.1, 0.15) is 11.6 Å². The van der Waals surface area contributed by atoms with Gasteiger partial charge in [0.25, 0.3) is 5.91 Å². The molecule has 2 aliphatic rings. The topological polar surface area (TPSA) is 67.3 Å². The average Bonchev–Trinajstić information content (AvgIpc) is 2.84. The number of aromatic nitrogens is 2. The minimum Gasteiger partial charge on any atom is -0.496 e. The Bertz CT molecular complexity index is 902. The standard InChI is InChI=1S/C26H36N4O2/c1-19-23(26(31)28-16-22-10-6-7-11-24(22)32-2)17-27-25(29-19)21-12-14-30(15-13-21)18-20-8-4-3-5-9-20/h6-7,10-11,17,20-21H,3-5,8-9,12-16,18H2,1-2H3,(H,28,31). The van der Waals surface area contributed by atoms with Crippen molar-refractivity contribution in [1.82, 2.24) is 20.2 Å². The first-order valence-electron chi connectivity index (χ1n) is 12.1. The van der Waals surface area contributed by atoms with E-state index < -0.39 is 0 Å². The van der Waals surface area contributed by atoms with E-state index >= 15 is 0 Å². The van der Waals surface area contributed by atoms with E-state index in [4.69, 9.17) is 9.72 Å². The molecular weight excluding hydrogens is 400 g/mol. The smallest absolute Gasteiger partial charge is 0.254 e. The molecule has 4 rings (SSSR count). The van der Waals surface area contributed by atoms with Gasteiger partial charge < -0.3 is 15.0 Å². The molecule has 0 bridgehead atoms. The second-order valence-corrected chi connectivity index (χ2v) is 9.30. The van der Waals surface area contributed by atoms with Crippen LogP contribution in [-0.4, -0.2) is 47.5 Å². The van der Waals surface area contributed by atoms with Crippen molar-refractivity contribution >= 4 is 5.91 Å². The van der Waals surface area contributed by atoms with Crippen LogP contribution in [0.1, 0.15) is 78.3 Å². The molecule has 32 heavy (non-hydrogen) atoms. The Morgan fingerprint density at radius 2 is 1.88 bits per heavy atom. The zero-order valence-electron chi connectivity index (χ0n) is 19.5. The first kappa shape index (κ1) is 22.7. The fraction of sp³-hybridized carbons (Fsp3) is 0.577. The zero-order chi connectivity index (χ0) is 22.3. The van der Waals surface area contributed by atoms with Crippen LogP contribution in [0.3, 0.4) is 0 Å². The number of hydrogen-bond acceptors (Lipinski definition) is 5. The van der Waals surface area contributed by atoms with Crippen molar-refractivity contribution in [2.45, 2.75) is 64.3 Å². The van der Waals surface area contributed by atoms with Crippen molar-refractivity contribution in [3.8, 4) is 5.75 Å². The number of nitrogens with zero attached hydrogens (tertiary/aromatic N) is 3. The second-order valence-electron chi connectivity index (χ2n) is 9.30. The highest BCUT2D eigenvalue weighted by Gasteiger charge is 2.26. The van der Waals surface area contributed by atoms with Crippen LogP contribution in [0, 0.1) is 12.8 Å². The summed E-state index contributed by atoms with van der Waals surface area (Å²) in [4.78, 5) is 24.7. The molecule has 1 amide bonds. The number of rotatable bonds is 7. The van der Waals surface area contributed by atoms with Gasteiger partial charge in [0.05, 0.1) is 18.4 Å². The quantitative estimate of drug-likeness (QED) is 0.693. The monoisotopic (exact) mass is 436 g/mol. The summed E-state index contributed by atoms with van der Waals surface area (Å²) in [5.74, 6) is 2.80. The third-order valence-electron chi connectivity index (χ3n) is 7.07. The van der Waals surface area contributed by atoms with E-state index in [9.17, 15) is 4.79 Å². The van der Waals surface area contributed by atoms with E-state index in [1.807, 2.05) is 31.2 Å². The Labute approximate surface area is 191 Å². The van der Waals surface area contributed by atoms with E-state index in [0.717, 1.165) is 54.7 Å². The van der Waals surface area contributed by atoms with Gasteiger partial charge in [0.15, 0.2) is 0 Å². The maximum atomic E-state index is 12.7. The number of para-hydroxylation sites is 1. The molecule has 0 atom stereocenters. The lowest BCUT2D eigenvalue weighted by molar-refractivity contribution is 0.0949. The Balaban J connectivity index is 1.30. The number of hydrogen-bond donors (Lipinski definition) is 1. The lowest BCUT2D eigenvalue weighted by Crippen LogP contribution is -2.37. The predicted molar refractivity (Wildman–Crippen MR) is 126 cm³/mol. The third-order valence-corrected chi connectivity index (χ3v) is 7.07. The van der Waals surface area contributed by atoms with E-state index in [1.165, 1.54) is 38.6 Å². The number of nitrogens with one attached hydrogen (secondary N) is 1. The van der Waals surface area contributed by atoms with Crippen molar-refractivity contribution in [3.05, 3.63) is 53.1 Å². The molecule has 0 radical (unpaired) electrons. The molecular formula is C26H36N4O2. The minimum absolute atomic E-state index is 0.151. The Hall–Kier alpha value is -2.47. The van der Waals surface area contributed by atoms with Gasteiger partial charge in [-0.1, -0.05) is 37.5 Å². The summed E-state index contributed by atoms with van der Waals surface area (Å²) in [6.45, 7) is 5.83. The van der Waals surface area contributed by atoms with Crippen LogP contribution in [0.2, 0.25) is 0 Å². The van der Waals surface area contributed by atoms with E-state index in [2.05, 4.69) is 15.2 Å². The summed E-state index contributed by atoms with van der Waals surface area (Å²) in [6.07, 6.45) is 11.0. The molecule has 1 aromatic carbocycles. The van der Waals surface area contributed by atoms with Crippen LogP contribution in [0.5, 0.6) is 5.75 Å². The number of carbonyl (C=O) groups excluding carboxylic acids is 1. The number of aryl methyl sites for hydroxylation is 1. The Morgan fingerprint density at radius 3 is 2.59 bits per heavy atom. The predicted octanol–water partition coefficient (Wildman–Crippen LogP) is 4.48. The lowest BCUT2D eigenvalue weighted by Gasteiger charge is -2.35. The molecule has 0 spiro atoms. The van der Waals surface area contributed by atoms with Gasteiger partial charge in [0, 0.05) is 30.8 Å². The SMILES string of the molecule is COc1ccccc1CNC(=O)c1cnc(C2CCN(CC3CCCCC3)CC2)nc1C. The molecule has 6 heteroatoms. The third kappa shape index (κ3) is 5.66. The van der Waals surface area contributed by atoms with Crippen molar-refractivity contribution in [2.75, 3.05) is 26.7 Å². The molecule has 0 unspecified atom stereocenters. The molecule has 1 aliphatic carbocycles. The summed E-state index contributed by atoms with van der Waals surface area (Å²) in [7, 11) is 1.64. The van der Waals surface area contributed by atoms with Crippen molar-refractivity contribution in [1.29, 1.82) is 0 Å². The zero-order valence-corrected chi connectivity index (χ0v) is 19.5. The van der Waals surface area contributed by atoms with Crippen LogP contribution in [-0.2, 0) is 6.54 Å². The summed E-state index contributed by atoms with van der Waals surface area (Å²) in [5.41, 5.74) is 2.23. The average molecular weight is 437 g/mol. The second kappa shape index (κ2) is 10.9. The fourth-order valence-electron chi connectivity index (χ4n) is 5.13. The van der Waals surface area contributed by atoms with E-state index in [0.29, 0.717) is 18.0 Å². The van der Waals surface area contributed by atoms with Gasteiger partial charge in [-0.05, 0) is 57.7 Å². The molecule has 2 heterocycles. The van der Waals surface area contributed by atoms with Crippen molar-refractivity contribution < 1.29 is 9.53 Å². The van der Waals surface area contributed by atoms with Crippen molar-refractivity contribution in [2.24, 2.45) is 5.92 Å². The van der Waals surface area contributed by atoms with Gasteiger partial charge >= 0.3 is 0 Å². The Morgan fingerprint density at radius 1 is 1.12 bits per heavy atom. The van der Waals surface area contributed by atoms with Crippen molar-refractivity contribution in [3.63, 3.8) is 0 Å². The summed E-state index contributed by atoms with van der Waals surface area (Å²) in [5, 5.41) is 2.97. The van der Waals surface area contributed by atoms with E-state index in [-0.39, 0.29) is 5.91 Å². The normalized spacial score (nSPS) is 18.4. The number of ether oxygens (including phenoxy) is 1. The molecule has 172 valence electrons. The first-order chi connectivity index (χ1) is 15.6. The van der Waals surface area contributed by atoms with Gasteiger partial charge in [-0.25, -0.2) is 9.97 Å². The number of carbonyl (C=O) groups is 1. The van der Waals surface area contributed by atoms with Crippen LogP contribution in [0.25, 0.3) is 0 Å². The van der Waals surface area contributed by atoms with Gasteiger partial charge in [-0.2, -0.15) is 0 Å². The molecule has 1 saturated heterocycles. The highest BCUT2D eigenvalue weighted by atomic mass is 16.5. The Kier molecular flexibility index (Phi) is 7.74. The summed E-state index contributed by atoms with van der Waals surface area (Å²) >= 11 is 0. The number of likely N-dealkylation sites (tertiary alicyclic amines) is 1. The number of benzene rings is 1. The highest BCUT2D eigenvalue weighted by molar-refractivity contribution is 5.94. The maximum Gasteiger partial charge on any atom is 0.254 e. The molecule has 2 aromatic rings. The highest BCUT2D eigenvalue weighted by Crippen LogP contribution is 2.29. The van der Waals surface area contributed by atoms with E-state index in [1.54, 1.807) is 13.3 Å². The van der Waals surface area contributed by atoms with Crippen LogP contribution >= 0.6 is 0 Å². The largest absolute Gasteiger partial charge is 0.496 e. The number of methoxy groups -OCH3 is 1. The van der Waals surface area contributed by atoms with Gasteiger partial charge in [-0.3, -0.25) is 4.79 Å². The molecule has 2 fully saturated rings. The van der Waals surface area contributed by atoms with Crippen LogP contribution < -0.4 is 10.1 Å².